The van der Waals surface area contributed by atoms with Gasteiger partial charge in [0, 0.05) is 36.3 Å². The van der Waals surface area contributed by atoms with Gasteiger partial charge in [0.25, 0.3) is 15.9 Å². The number of benzene rings is 3. The Hall–Kier alpha value is -3.32. The molecule has 43 heavy (non-hydrogen) atoms. The van der Waals surface area contributed by atoms with Gasteiger partial charge < -0.3 is 14.7 Å². The van der Waals surface area contributed by atoms with Crippen molar-refractivity contribution in [1.29, 1.82) is 0 Å². The number of aliphatic hydroxyl groups excluding tert-OH is 1. The largest absolute Gasteiger partial charge is 0.488 e. The third-order valence-corrected chi connectivity index (χ3v) is 8.92. The Kier molecular flexibility index (Phi) is 9.95. The van der Waals surface area contributed by atoms with E-state index in [9.17, 15) is 31.5 Å². The molecule has 0 fully saturated rings. The van der Waals surface area contributed by atoms with E-state index in [0.717, 1.165) is 12.1 Å². The van der Waals surface area contributed by atoms with Crippen LogP contribution in [0, 0.1) is 5.92 Å². The van der Waals surface area contributed by atoms with Crippen molar-refractivity contribution in [3.05, 3.63) is 88.4 Å². The van der Waals surface area contributed by atoms with E-state index in [2.05, 4.69) is 4.72 Å². The summed E-state index contributed by atoms with van der Waals surface area (Å²) in [7, 11) is -2.16. The van der Waals surface area contributed by atoms with Gasteiger partial charge in [0.05, 0.1) is 28.7 Å². The van der Waals surface area contributed by atoms with Gasteiger partial charge in [0.2, 0.25) is 0 Å². The molecule has 1 amide bonds. The second-order valence-corrected chi connectivity index (χ2v) is 12.9. The Bertz CT molecular complexity index is 1540. The molecule has 3 aromatic carbocycles. The number of nitrogens with one attached hydrogen (secondary N) is 1. The van der Waals surface area contributed by atoms with E-state index in [4.69, 9.17) is 16.3 Å². The predicted molar refractivity (Wildman–Crippen MR) is 158 cm³/mol. The number of hydrogen-bond donors (Lipinski definition) is 2. The van der Waals surface area contributed by atoms with Gasteiger partial charge in [0.1, 0.15) is 11.9 Å². The predicted octanol–water partition coefficient (Wildman–Crippen LogP) is 5.51. The number of carbonyl (C=O) groups excluding carboxylic acids is 1. The Morgan fingerprint density at radius 1 is 1.12 bits per heavy atom. The molecule has 1 aliphatic rings. The van der Waals surface area contributed by atoms with Crippen molar-refractivity contribution in [1.82, 2.24) is 9.80 Å². The maximum absolute atomic E-state index is 13.7. The normalized spacial score (nSPS) is 18.4. The maximum Gasteiger partial charge on any atom is 0.416 e. The van der Waals surface area contributed by atoms with Gasteiger partial charge in [0.15, 0.2) is 0 Å². The summed E-state index contributed by atoms with van der Waals surface area (Å²) in [5.41, 5.74) is 0.244. The first-order valence-corrected chi connectivity index (χ1v) is 15.4. The average molecular weight is 640 g/mol. The molecule has 1 heterocycles. The van der Waals surface area contributed by atoms with Gasteiger partial charge in [-0.25, -0.2) is 8.42 Å². The molecule has 0 bridgehead atoms. The fraction of sp³-hybridized carbons (Fsp3) is 0.367. The van der Waals surface area contributed by atoms with Crippen LogP contribution in [0.3, 0.4) is 0 Å². The lowest BCUT2D eigenvalue weighted by molar-refractivity contribution is -0.137. The van der Waals surface area contributed by atoms with Crippen molar-refractivity contribution in [2.45, 2.75) is 43.6 Å². The number of nitrogens with zero attached hydrogens (tertiary/aromatic N) is 2. The van der Waals surface area contributed by atoms with Crippen molar-refractivity contribution < 1.29 is 36.2 Å². The highest BCUT2D eigenvalue weighted by Gasteiger charge is 2.34. The minimum absolute atomic E-state index is 0.00767. The summed E-state index contributed by atoms with van der Waals surface area (Å²) < 4.78 is 73.6. The van der Waals surface area contributed by atoms with Crippen LogP contribution in [0.1, 0.15) is 35.3 Å². The van der Waals surface area contributed by atoms with Crippen LogP contribution in [0.25, 0.3) is 0 Å². The molecule has 4 rings (SSSR count). The Morgan fingerprint density at radius 3 is 2.37 bits per heavy atom. The van der Waals surface area contributed by atoms with E-state index in [1.54, 1.807) is 6.92 Å². The van der Waals surface area contributed by atoms with Crippen molar-refractivity contribution in [2.75, 3.05) is 31.5 Å². The van der Waals surface area contributed by atoms with E-state index in [-0.39, 0.29) is 41.0 Å². The molecular formula is C30H33ClF3N3O5S. The summed E-state index contributed by atoms with van der Waals surface area (Å²) in [6.07, 6.45) is -4.86. The zero-order valence-corrected chi connectivity index (χ0v) is 25.4. The summed E-state index contributed by atoms with van der Waals surface area (Å²) in [6, 6.07) is 14.5. The van der Waals surface area contributed by atoms with Crippen LogP contribution in [0.15, 0.2) is 71.6 Å². The minimum Gasteiger partial charge on any atom is -0.488 e. The summed E-state index contributed by atoms with van der Waals surface area (Å²) in [5, 5.41) is 10.3. The van der Waals surface area contributed by atoms with Crippen molar-refractivity contribution in [3.63, 3.8) is 0 Å². The molecule has 0 spiro atoms. The highest BCUT2D eigenvalue weighted by Crippen LogP contribution is 2.32. The lowest BCUT2D eigenvalue weighted by atomic mass is 9.99. The fourth-order valence-corrected chi connectivity index (χ4v) is 5.99. The molecule has 0 saturated heterocycles. The van der Waals surface area contributed by atoms with Crippen LogP contribution >= 0.6 is 11.6 Å². The lowest BCUT2D eigenvalue weighted by Crippen LogP contribution is -2.49. The number of hydrogen-bond acceptors (Lipinski definition) is 6. The standard InChI is InChI=1S/C30H33ClF3N3O5S/c1-19-15-37(20(2)18-38)29(39)26-14-24(35-43(40,41)25-11-8-23(31)9-12-25)10-13-27(26)42-28(19)17-36(3)16-21-4-6-22(7-5-21)30(32,33)34/h4-14,19-20,28,35,38H,15-18H2,1-3H3/t19-,20-,28+/m0/s1. The van der Waals surface area contributed by atoms with E-state index < -0.39 is 39.8 Å². The number of likely N-dealkylation sites (N-methyl/N-ethyl adjacent to an activating group) is 1. The first-order chi connectivity index (χ1) is 20.2. The average Bonchev–Trinajstić information content (AvgIpc) is 2.94. The number of halogens is 4. The number of carbonyl (C=O) groups is 1. The monoisotopic (exact) mass is 639 g/mol. The molecule has 0 saturated carbocycles. The number of rotatable bonds is 9. The number of amides is 1. The van der Waals surface area contributed by atoms with Crippen LogP contribution in [0.4, 0.5) is 18.9 Å². The van der Waals surface area contributed by atoms with Crippen LogP contribution in [0.5, 0.6) is 5.75 Å². The third-order valence-electron chi connectivity index (χ3n) is 7.27. The second-order valence-electron chi connectivity index (χ2n) is 10.8. The highest BCUT2D eigenvalue weighted by atomic mass is 35.5. The summed E-state index contributed by atoms with van der Waals surface area (Å²) in [4.78, 5) is 17.1. The van der Waals surface area contributed by atoms with Crippen molar-refractivity contribution in [3.8, 4) is 5.75 Å². The second kappa shape index (κ2) is 13.1. The molecule has 0 radical (unpaired) electrons. The summed E-state index contributed by atoms with van der Waals surface area (Å²) >= 11 is 5.88. The fourth-order valence-electron chi connectivity index (χ4n) is 4.81. The van der Waals surface area contributed by atoms with Gasteiger partial charge in [-0.15, -0.1) is 0 Å². The number of anilines is 1. The molecule has 0 aliphatic carbocycles. The molecule has 1 aliphatic heterocycles. The lowest BCUT2D eigenvalue weighted by Gasteiger charge is -2.38. The number of ether oxygens (including phenoxy) is 1. The third kappa shape index (κ3) is 7.99. The van der Waals surface area contributed by atoms with E-state index in [1.165, 1.54) is 59.5 Å². The van der Waals surface area contributed by atoms with Gasteiger partial charge in [-0.2, -0.15) is 13.2 Å². The molecule has 0 aromatic heterocycles. The minimum atomic E-state index is -4.41. The number of sulfonamides is 1. The first-order valence-electron chi connectivity index (χ1n) is 13.5. The zero-order valence-electron chi connectivity index (χ0n) is 23.8. The SMILES string of the molecule is C[C@H]1CN([C@@H](C)CO)C(=O)c2cc(NS(=O)(=O)c3ccc(Cl)cc3)ccc2O[C@@H]1CN(C)Cc1ccc(C(F)(F)F)cc1. The molecule has 3 aromatic rings. The smallest absolute Gasteiger partial charge is 0.416 e. The van der Waals surface area contributed by atoms with Crippen LogP contribution in [0.2, 0.25) is 5.02 Å². The van der Waals surface area contributed by atoms with Crippen LogP contribution in [-0.4, -0.2) is 68.1 Å². The first kappa shape index (κ1) is 32.6. The van der Waals surface area contributed by atoms with Gasteiger partial charge in [-0.05, 0) is 74.1 Å². The van der Waals surface area contributed by atoms with Crippen LogP contribution < -0.4 is 9.46 Å². The zero-order chi connectivity index (χ0) is 31.5. The van der Waals surface area contributed by atoms with Gasteiger partial charge in [-0.1, -0.05) is 30.7 Å². The van der Waals surface area contributed by atoms with Gasteiger partial charge in [-0.3, -0.25) is 14.4 Å². The number of alkyl halides is 3. The molecular weight excluding hydrogens is 607 g/mol. The van der Waals surface area contributed by atoms with Crippen molar-refractivity contribution >= 4 is 33.2 Å². The Morgan fingerprint density at radius 2 is 1.77 bits per heavy atom. The highest BCUT2D eigenvalue weighted by molar-refractivity contribution is 7.92. The molecule has 0 unspecified atom stereocenters. The molecule has 2 N–H and O–H groups in total. The molecule has 8 nitrogen and oxygen atoms in total. The van der Waals surface area contributed by atoms with E-state index >= 15 is 0 Å². The summed E-state index contributed by atoms with van der Waals surface area (Å²) in [6.45, 7) is 4.34. The Labute approximate surface area is 254 Å². The van der Waals surface area contributed by atoms with E-state index in [1.807, 2.05) is 18.9 Å². The van der Waals surface area contributed by atoms with Crippen molar-refractivity contribution in [2.24, 2.45) is 5.92 Å². The van der Waals surface area contributed by atoms with Crippen LogP contribution in [-0.2, 0) is 22.7 Å². The summed E-state index contributed by atoms with van der Waals surface area (Å²) in [5.74, 6) is -0.370. The topological polar surface area (TPSA) is 99.2 Å². The molecule has 3 atom stereocenters. The Balaban J connectivity index is 1.59. The molecule has 232 valence electrons. The van der Waals surface area contributed by atoms with Gasteiger partial charge >= 0.3 is 6.18 Å². The molecule has 13 heteroatoms. The number of fused-ring (bicyclic) bond motifs is 1. The number of aliphatic hydroxyl groups is 1. The quantitative estimate of drug-likeness (QED) is 0.320. The van der Waals surface area contributed by atoms with E-state index in [0.29, 0.717) is 23.7 Å². The maximum atomic E-state index is 13.7.